The number of methoxy groups -OCH3 is 1. The number of carbonyl (C=O) groups excluding carboxylic acids is 1. The van der Waals surface area contributed by atoms with Crippen molar-refractivity contribution in [1.29, 1.82) is 0 Å². The molecule has 0 aromatic rings. The van der Waals surface area contributed by atoms with Crippen molar-refractivity contribution in [3.8, 4) is 0 Å². The van der Waals surface area contributed by atoms with Gasteiger partial charge in [0.1, 0.15) is 6.29 Å². The lowest BCUT2D eigenvalue weighted by Gasteiger charge is -2.26. The molecule has 2 saturated carbocycles. The maximum absolute atomic E-state index is 10.3. The SMILES string of the molecule is COC1CC2CC1CC2CCC=O. The maximum Gasteiger partial charge on any atom is 0.120 e. The Labute approximate surface area is 79.7 Å². The van der Waals surface area contributed by atoms with Crippen molar-refractivity contribution in [1.82, 2.24) is 0 Å². The number of hydrogen-bond acceptors (Lipinski definition) is 2. The Morgan fingerprint density at radius 2 is 2.15 bits per heavy atom. The standard InChI is InChI=1S/C11H18O2/c1-13-11-7-9-6-10(11)5-8(9)3-2-4-12/h4,8-11H,2-3,5-7H2,1H3. The van der Waals surface area contributed by atoms with Gasteiger partial charge < -0.3 is 9.53 Å². The molecule has 2 fully saturated rings. The van der Waals surface area contributed by atoms with Crippen molar-refractivity contribution in [3.05, 3.63) is 0 Å². The van der Waals surface area contributed by atoms with Crippen LogP contribution in [0.2, 0.25) is 0 Å². The minimum atomic E-state index is 0.525. The summed E-state index contributed by atoms with van der Waals surface area (Å²) in [6.07, 6.45) is 7.34. The number of carbonyl (C=O) groups is 1. The van der Waals surface area contributed by atoms with E-state index < -0.39 is 0 Å². The van der Waals surface area contributed by atoms with Crippen molar-refractivity contribution >= 4 is 6.29 Å². The minimum Gasteiger partial charge on any atom is -0.381 e. The monoisotopic (exact) mass is 182 g/mol. The van der Waals surface area contributed by atoms with Crippen LogP contribution in [0.15, 0.2) is 0 Å². The van der Waals surface area contributed by atoms with Gasteiger partial charge in [-0.2, -0.15) is 0 Å². The van der Waals surface area contributed by atoms with Crippen LogP contribution in [0.5, 0.6) is 0 Å². The zero-order chi connectivity index (χ0) is 9.26. The van der Waals surface area contributed by atoms with Crippen LogP contribution in [0.1, 0.15) is 32.1 Å². The molecular weight excluding hydrogens is 164 g/mol. The first kappa shape index (κ1) is 9.20. The minimum absolute atomic E-state index is 0.525. The molecule has 0 spiro atoms. The van der Waals surface area contributed by atoms with Gasteiger partial charge in [-0.05, 0) is 43.4 Å². The lowest BCUT2D eigenvalue weighted by Crippen LogP contribution is -2.23. The highest BCUT2D eigenvalue weighted by molar-refractivity contribution is 5.49. The Balaban J connectivity index is 1.84. The average Bonchev–Trinajstić information content (AvgIpc) is 2.72. The lowest BCUT2D eigenvalue weighted by molar-refractivity contribution is -0.108. The molecule has 0 saturated heterocycles. The average molecular weight is 182 g/mol. The van der Waals surface area contributed by atoms with E-state index in [4.69, 9.17) is 4.74 Å². The summed E-state index contributed by atoms with van der Waals surface area (Å²) in [6, 6.07) is 0. The highest BCUT2D eigenvalue weighted by Gasteiger charge is 2.45. The molecule has 4 atom stereocenters. The Morgan fingerprint density at radius 3 is 2.69 bits per heavy atom. The van der Waals surface area contributed by atoms with Gasteiger partial charge in [0.05, 0.1) is 6.10 Å². The fourth-order valence-corrected chi connectivity index (χ4v) is 3.27. The van der Waals surface area contributed by atoms with Gasteiger partial charge in [0.25, 0.3) is 0 Å². The number of fused-ring (bicyclic) bond motifs is 2. The van der Waals surface area contributed by atoms with E-state index in [2.05, 4.69) is 0 Å². The third kappa shape index (κ3) is 1.64. The van der Waals surface area contributed by atoms with Crippen molar-refractivity contribution in [3.63, 3.8) is 0 Å². The summed E-state index contributed by atoms with van der Waals surface area (Å²) in [5.41, 5.74) is 0. The summed E-state index contributed by atoms with van der Waals surface area (Å²) >= 11 is 0. The van der Waals surface area contributed by atoms with Crippen LogP contribution in [-0.2, 0) is 9.53 Å². The maximum atomic E-state index is 10.3. The summed E-state index contributed by atoms with van der Waals surface area (Å²) < 4.78 is 5.43. The Bertz CT molecular complexity index is 191. The second kappa shape index (κ2) is 3.79. The number of ether oxygens (including phenoxy) is 1. The molecule has 0 radical (unpaired) electrons. The van der Waals surface area contributed by atoms with E-state index in [1.165, 1.54) is 19.3 Å². The normalized spacial score (nSPS) is 42.5. The van der Waals surface area contributed by atoms with Crippen LogP contribution >= 0.6 is 0 Å². The summed E-state index contributed by atoms with van der Waals surface area (Å²) in [6.45, 7) is 0. The van der Waals surface area contributed by atoms with E-state index in [1.807, 2.05) is 7.11 Å². The molecule has 0 aromatic carbocycles. The van der Waals surface area contributed by atoms with E-state index in [-0.39, 0.29) is 0 Å². The molecule has 2 rings (SSSR count). The Hall–Kier alpha value is -0.370. The van der Waals surface area contributed by atoms with Gasteiger partial charge in [-0.25, -0.2) is 0 Å². The highest BCUT2D eigenvalue weighted by atomic mass is 16.5. The highest BCUT2D eigenvalue weighted by Crippen LogP contribution is 2.50. The summed E-state index contributed by atoms with van der Waals surface area (Å²) in [7, 11) is 1.83. The van der Waals surface area contributed by atoms with Gasteiger partial charge in [0, 0.05) is 13.5 Å². The predicted molar refractivity (Wildman–Crippen MR) is 50.4 cm³/mol. The van der Waals surface area contributed by atoms with Crippen molar-refractivity contribution < 1.29 is 9.53 Å². The van der Waals surface area contributed by atoms with Crippen LogP contribution in [0.4, 0.5) is 0 Å². The largest absolute Gasteiger partial charge is 0.381 e. The van der Waals surface area contributed by atoms with Crippen LogP contribution < -0.4 is 0 Å². The van der Waals surface area contributed by atoms with Crippen LogP contribution in [0.25, 0.3) is 0 Å². The first-order chi connectivity index (χ1) is 6.35. The molecule has 0 aromatic heterocycles. The van der Waals surface area contributed by atoms with Crippen LogP contribution in [0.3, 0.4) is 0 Å². The second-order valence-corrected chi connectivity index (χ2v) is 4.51. The van der Waals surface area contributed by atoms with E-state index in [9.17, 15) is 4.79 Å². The lowest BCUT2D eigenvalue weighted by atomic mass is 9.84. The smallest absolute Gasteiger partial charge is 0.120 e. The fraction of sp³-hybridized carbons (Fsp3) is 0.909. The van der Waals surface area contributed by atoms with Crippen molar-refractivity contribution in [2.75, 3.05) is 7.11 Å². The Morgan fingerprint density at radius 1 is 1.31 bits per heavy atom. The molecule has 2 bridgehead atoms. The van der Waals surface area contributed by atoms with Gasteiger partial charge in [-0.15, -0.1) is 0 Å². The molecule has 0 N–H and O–H groups in total. The van der Waals surface area contributed by atoms with E-state index in [1.54, 1.807) is 0 Å². The summed E-state index contributed by atoms with van der Waals surface area (Å²) in [5, 5.41) is 0. The molecule has 74 valence electrons. The third-order valence-corrected chi connectivity index (χ3v) is 3.90. The third-order valence-electron chi connectivity index (χ3n) is 3.90. The fourth-order valence-electron chi connectivity index (χ4n) is 3.27. The summed E-state index contributed by atoms with van der Waals surface area (Å²) in [5.74, 6) is 2.48. The van der Waals surface area contributed by atoms with E-state index in [0.717, 1.165) is 36.9 Å². The first-order valence-electron chi connectivity index (χ1n) is 5.31. The topological polar surface area (TPSA) is 26.3 Å². The molecule has 0 amide bonds. The van der Waals surface area contributed by atoms with Gasteiger partial charge in [0.15, 0.2) is 0 Å². The van der Waals surface area contributed by atoms with Gasteiger partial charge in [0.2, 0.25) is 0 Å². The van der Waals surface area contributed by atoms with Crippen molar-refractivity contribution in [2.24, 2.45) is 17.8 Å². The zero-order valence-corrected chi connectivity index (χ0v) is 8.24. The molecule has 0 heterocycles. The van der Waals surface area contributed by atoms with E-state index >= 15 is 0 Å². The quantitative estimate of drug-likeness (QED) is 0.622. The van der Waals surface area contributed by atoms with Crippen LogP contribution in [0, 0.1) is 17.8 Å². The molecule has 13 heavy (non-hydrogen) atoms. The predicted octanol–water partition coefficient (Wildman–Crippen LogP) is 2.03. The molecular formula is C11H18O2. The molecule has 2 nitrogen and oxygen atoms in total. The zero-order valence-electron chi connectivity index (χ0n) is 8.24. The Kier molecular flexibility index (Phi) is 2.68. The number of aldehydes is 1. The summed E-state index contributed by atoms with van der Waals surface area (Å²) in [4.78, 5) is 10.3. The second-order valence-electron chi connectivity index (χ2n) is 4.51. The molecule has 2 aliphatic carbocycles. The molecule has 2 aliphatic rings. The number of hydrogen-bond donors (Lipinski definition) is 0. The van der Waals surface area contributed by atoms with Gasteiger partial charge in [-0.3, -0.25) is 0 Å². The molecule has 4 unspecified atom stereocenters. The van der Waals surface area contributed by atoms with Gasteiger partial charge >= 0.3 is 0 Å². The van der Waals surface area contributed by atoms with Crippen molar-refractivity contribution in [2.45, 2.75) is 38.2 Å². The van der Waals surface area contributed by atoms with Gasteiger partial charge in [-0.1, -0.05) is 0 Å². The number of rotatable bonds is 4. The van der Waals surface area contributed by atoms with Crippen LogP contribution in [-0.4, -0.2) is 19.5 Å². The molecule has 2 heteroatoms. The van der Waals surface area contributed by atoms with E-state index in [0.29, 0.717) is 6.10 Å². The molecule has 0 aliphatic heterocycles. The first-order valence-corrected chi connectivity index (χ1v) is 5.31.